The Balaban J connectivity index is 1.30. The summed E-state index contributed by atoms with van der Waals surface area (Å²) in [6, 6.07) is 13.1. The van der Waals surface area contributed by atoms with Crippen LogP contribution in [0, 0.1) is 5.82 Å². The van der Waals surface area contributed by atoms with Crippen molar-refractivity contribution in [3.63, 3.8) is 0 Å². The molecule has 48 heavy (non-hydrogen) atoms. The minimum Gasteiger partial charge on any atom is -0.483 e. The number of amides is 4. The Morgan fingerprint density at radius 3 is 2.44 bits per heavy atom. The number of nitrogens with zero attached hydrogens (tertiary/aromatic N) is 4. The summed E-state index contributed by atoms with van der Waals surface area (Å²) in [5.41, 5.74) is 0.757. The van der Waals surface area contributed by atoms with Gasteiger partial charge in [-0.3, -0.25) is 19.2 Å². The van der Waals surface area contributed by atoms with Crippen LogP contribution in [0.15, 0.2) is 54.6 Å². The fraction of sp³-hybridized carbons (Fsp3) is 0.412. The van der Waals surface area contributed by atoms with E-state index in [-0.39, 0.29) is 75.4 Å². The summed E-state index contributed by atoms with van der Waals surface area (Å²) in [6.45, 7) is 2.85. The van der Waals surface area contributed by atoms with Gasteiger partial charge in [-0.25, -0.2) is 14.2 Å². The molecule has 2 saturated heterocycles. The van der Waals surface area contributed by atoms with E-state index in [1.807, 2.05) is 0 Å². The van der Waals surface area contributed by atoms with Gasteiger partial charge in [0, 0.05) is 56.2 Å². The molecule has 4 amide bonds. The number of carboxylic acid groups (broad SMARTS) is 1. The molecule has 0 saturated carbocycles. The Hall–Kier alpha value is -5.27. The number of piperazine rings is 1. The van der Waals surface area contributed by atoms with Crippen molar-refractivity contribution < 1.29 is 42.9 Å². The van der Waals surface area contributed by atoms with E-state index in [0.717, 1.165) is 6.42 Å². The summed E-state index contributed by atoms with van der Waals surface area (Å²) in [4.78, 5) is 72.8. The zero-order chi connectivity index (χ0) is 34.2. The number of para-hydroxylation sites is 1. The van der Waals surface area contributed by atoms with Gasteiger partial charge in [0.1, 0.15) is 23.3 Å². The zero-order valence-corrected chi connectivity index (χ0v) is 26.6. The number of ether oxygens (including phenoxy) is 2. The molecule has 0 spiro atoms. The summed E-state index contributed by atoms with van der Waals surface area (Å²) in [7, 11) is 0. The van der Waals surface area contributed by atoms with Crippen LogP contribution in [0.5, 0.6) is 5.75 Å². The number of carboxylic acids is 1. The maximum Gasteiger partial charge on any atom is 0.409 e. The highest BCUT2D eigenvalue weighted by Crippen LogP contribution is 2.34. The third kappa shape index (κ3) is 7.99. The number of fused-ring (bicyclic) bond motifs is 1. The number of nitrogens with one attached hydrogen (secondary N) is 1. The van der Waals surface area contributed by atoms with E-state index < -0.39 is 36.0 Å². The highest BCUT2D eigenvalue weighted by atomic mass is 19.1. The second kappa shape index (κ2) is 15.5. The predicted octanol–water partition coefficient (Wildman–Crippen LogP) is 3.38. The van der Waals surface area contributed by atoms with E-state index in [2.05, 4.69) is 10.3 Å². The quantitative estimate of drug-likeness (QED) is 0.314. The molecule has 3 aromatic rings. The van der Waals surface area contributed by atoms with Crippen LogP contribution in [0.3, 0.4) is 0 Å². The van der Waals surface area contributed by atoms with Crippen molar-refractivity contribution in [2.45, 2.75) is 44.7 Å². The van der Waals surface area contributed by atoms with Crippen LogP contribution in [0.4, 0.5) is 9.18 Å². The zero-order valence-electron chi connectivity index (χ0n) is 26.6. The normalized spacial score (nSPS) is 16.8. The molecule has 2 atom stereocenters. The maximum absolute atomic E-state index is 14.5. The van der Waals surface area contributed by atoms with Crippen molar-refractivity contribution in [1.82, 2.24) is 25.0 Å². The van der Waals surface area contributed by atoms with Crippen LogP contribution in [-0.2, 0) is 19.1 Å². The monoisotopic (exact) mass is 663 g/mol. The van der Waals surface area contributed by atoms with Gasteiger partial charge >= 0.3 is 12.1 Å². The Morgan fingerprint density at radius 1 is 1.00 bits per heavy atom. The number of carbonyl (C=O) groups excluding carboxylic acids is 4. The lowest BCUT2D eigenvalue weighted by Crippen LogP contribution is -2.56. The molecule has 5 rings (SSSR count). The summed E-state index contributed by atoms with van der Waals surface area (Å²) >= 11 is 0. The lowest BCUT2D eigenvalue weighted by atomic mass is 10.0. The van der Waals surface area contributed by atoms with Crippen molar-refractivity contribution >= 4 is 40.7 Å². The van der Waals surface area contributed by atoms with Gasteiger partial charge < -0.3 is 34.6 Å². The molecule has 14 heteroatoms. The average molecular weight is 664 g/mol. The first kappa shape index (κ1) is 34.1. The molecule has 0 bridgehead atoms. The van der Waals surface area contributed by atoms with E-state index in [0.29, 0.717) is 29.4 Å². The van der Waals surface area contributed by atoms with Crippen LogP contribution in [0.2, 0.25) is 0 Å². The van der Waals surface area contributed by atoms with Gasteiger partial charge in [-0.1, -0.05) is 30.3 Å². The fourth-order valence-electron chi connectivity index (χ4n) is 6.04. The summed E-state index contributed by atoms with van der Waals surface area (Å²) in [5.74, 6) is -2.85. The number of hydrogen-bond acceptors (Lipinski definition) is 8. The Morgan fingerprint density at radius 2 is 1.71 bits per heavy atom. The Kier molecular flexibility index (Phi) is 11.0. The number of aromatic nitrogens is 1. The minimum atomic E-state index is -1.17. The minimum absolute atomic E-state index is 0.0955. The van der Waals surface area contributed by atoms with E-state index in [1.165, 1.54) is 21.9 Å². The van der Waals surface area contributed by atoms with Gasteiger partial charge in [-0.15, -0.1) is 0 Å². The third-order valence-corrected chi connectivity index (χ3v) is 8.47. The van der Waals surface area contributed by atoms with Gasteiger partial charge in [0.2, 0.25) is 5.91 Å². The second-order valence-corrected chi connectivity index (χ2v) is 11.5. The van der Waals surface area contributed by atoms with Crippen molar-refractivity contribution in [2.75, 3.05) is 45.9 Å². The van der Waals surface area contributed by atoms with Crippen molar-refractivity contribution in [2.24, 2.45) is 0 Å². The first-order chi connectivity index (χ1) is 23.2. The van der Waals surface area contributed by atoms with Gasteiger partial charge in [0.05, 0.1) is 18.2 Å². The highest BCUT2D eigenvalue weighted by molar-refractivity contribution is 5.99. The number of halogens is 1. The van der Waals surface area contributed by atoms with E-state index >= 15 is 0 Å². The van der Waals surface area contributed by atoms with Crippen LogP contribution in [0.25, 0.3) is 10.9 Å². The highest BCUT2D eigenvalue weighted by Gasteiger charge is 2.33. The summed E-state index contributed by atoms with van der Waals surface area (Å²) in [5, 5.41) is 12.5. The average Bonchev–Trinajstić information content (AvgIpc) is 3.58. The van der Waals surface area contributed by atoms with Crippen LogP contribution < -0.4 is 10.1 Å². The number of rotatable bonds is 11. The molecule has 2 aliphatic rings. The van der Waals surface area contributed by atoms with Gasteiger partial charge in [0.15, 0.2) is 6.61 Å². The Labute approximate surface area is 276 Å². The SMILES string of the molecule is CCOC(=O)N1CCN(C(=O)C(CCC(=O)O)NC(=O)c2cc(OCC(=O)N3CCC[C@H]3c3ccccc3F)c3ccccc3n2)CC1. The van der Waals surface area contributed by atoms with Gasteiger partial charge in [-0.2, -0.15) is 0 Å². The second-order valence-electron chi connectivity index (χ2n) is 11.5. The van der Waals surface area contributed by atoms with Crippen molar-refractivity contribution in [3.8, 4) is 5.75 Å². The smallest absolute Gasteiger partial charge is 0.409 e. The number of carbonyl (C=O) groups is 5. The molecule has 1 unspecified atom stereocenters. The van der Waals surface area contributed by atoms with E-state index in [4.69, 9.17) is 9.47 Å². The van der Waals surface area contributed by atoms with Crippen LogP contribution >= 0.6 is 0 Å². The summed E-state index contributed by atoms with van der Waals surface area (Å²) < 4.78 is 25.5. The van der Waals surface area contributed by atoms with Gasteiger partial charge in [0.25, 0.3) is 11.8 Å². The Bertz CT molecular complexity index is 1680. The molecule has 2 aromatic carbocycles. The lowest BCUT2D eigenvalue weighted by Gasteiger charge is -2.35. The molecule has 2 aliphatic heterocycles. The lowest BCUT2D eigenvalue weighted by molar-refractivity contribution is -0.138. The maximum atomic E-state index is 14.5. The molecule has 13 nitrogen and oxygen atoms in total. The molecule has 3 heterocycles. The largest absolute Gasteiger partial charge is 0.483 e. The first-order valence-corrected chi connectivity index (χ1v) is 16.0. The third-order valence-electron chi connectivity index (χ3n) is 8.47. The molecule has 1 aromatic heterocycles. The molecule has 2 N–H and O–H groups in total. The number of hydrogen-bond donors (Lipinski definition) is 2. The molecule has 2 fully saturated rings. The van der Waals surface area contributed by atoms with Crippen LogP contribution in [0.1, 0.15) is 54.7 Å². The standard InChI is InChI=1S/C34H38FN5O8/c1-2-47-34(46)39-18-16-38(17-19-39)33(45)26(13-14-31(42)43)37-32(44)27-20-29(23-9-4-6-11-25(23)36-27)48-21-30(41)40-15-7-12-28(40)22-8-3-5-10-24(22)35/h3-6,8-11,20,26,28H,2,7,12-19,21H2,1H3,(H,37,44)(H,42,43)/t26?,28-/m0/s1. The molecular formula is C34H38FN5O8. The number of likely N-dealkylation sites (tertiary alicyclic amines) is 1. The van der Waals surface area contributed by atoms with Gasteiger partial charge in [-0.05, 0) is 44.4 Å². The first-order valence-electron chi connectivity index (χ1n) is 16.0. The molecule has 0 radical (unpaired) electrons. The van der Waals surface area contributed by atoms with E-state index in [1.54, 1.807) is 54.3 Å². The van der Waals surface area contributed by atoms with E-state index in [9.17, 15) is 33.5 Å². The summed E-state index contributed by atoms with van der Waals surface area (Å²) in [6.07, 6.45) is 0.329. The number of pyridine rings is 1. The number of benzene rings is 2. The molecule has 0 aliphatic carbocycles. The topological polar surface area (TPSA) is 159 Å². The number of aliphatic carboxylic acids is 1. The fourth-order valence-corrected chi connectivity index (χ4v) is 6.04. The predicted molar refractivity (Wildman–Crippen MR) is 171 cm³/mol. The molecular weight excluding hydrogens is 625 g/mol. The van der Waals surface area contributed by atoms with Crippen molar-refractivity contribution in [1.29, 1.82) is 0 Å². The molecule has 254 valence electrons. The van der Waals surface area contributed by atoms with Crippen molar-refractivity contribution in [3.05, 3.63) is 71.7 Å². The van der Waals surface area contributed by atoms with Crippen LogP contribution in [-0.4, -0.2) is 107 Å².